The van der Waals surface area contributed by atoms with Crippen LogP contribution < -0.4 is 0 Å². The van der Waals surface area contributed by atoms with E-state index < -0.39 is 0 Å². The minimum absolute atomic E-state index is 0.351. The van der Waals surface area contributed by atoms with Crippen molar-refractivity contribution >= 4 is 5.91 Å². The fourth-order valence-corrected chi connectivity index (χ4v) is 6.81. The number of hydrazine groups is 1. The van der Waals surface area contributed by atoms with Crippen molar-refractivity contribution in [2.24, 2.45) is 23.7 Å². The van der Waals surface area contributed by atoms with Crippen LogP contribution in [0.3, 0.4) is 0 Å². The van der Waals surface area contributed by atoms with Crippen molar-refractivity contribution < 1.29 is 4.79 Å². The van der Waals surface area contributed by atoms with Gasteiger partial charge in [0.05, 0.1) is 6.04 Å². The van der Waals surface area contributed by atoms with Gasteiger partial charge in [-0.3, -0.25) is 9.80 Å². The van der Waals surface area contributed by atoms with Crippen molar-refractivity contribution in [3.63, 3.8) is 0 Å². The normalized spacial score (nSPS) is 37.9. The summed E-state index contributed by atoms with van der Waals surface area (Å²) in [6.45, 7) is 7.30. The minimum Gasteiger partial charge on any atom is -0.271 e. The maximum Gasteiger partial charge on any atom is 0.258 e. The minimum atomic E-state index is -0.366. The molecule has 1 aromatic carbocycles. The van der Waals surface area contributed by atoms with Crippen molar-refractivity contribution in [1.82, 2.24) is 10.0 Å². The molecule has 0 spiro atoms. The molecular formula is C23H32N2O. The number of carbonyl (C=O) groups is 1. The summed E-state index contributed by atoms with van der Waals surface area (Å²) in [5.74, 6) is 3.74. The fraction of sp³-hybridized carbons (Fsp3) is 0.696. The van der Waals surface area contributed by atoms with Gasteiger partial charge in [0.15, 0.2) is 0 Å². The van der Waals surface area contributed by atoms with Gasteiger partial charge in [0, 0.05) is 6.54 Å². The maximum atomic E-state index is 13.1. The lowest BCUT2D eigenvalue weighted by atomic mass is 9.53. The molecule has 0 atom stereocenters. The van der Waals surface area contributed by atoms with Crippen LogP contribution in [0.25, 0.3) is 0 Å². The zero-order valence-corrected chi connectivity index (χ0v) is 16.4. The number of nitrogens with zero attached hydrogens (tertiary/aromatic N) is 2. The number of benzene rings is 1. The Morgan fingerprint density at radius 1 is 0.962 bits per heavy atom. The molecule has 26 heavy (non-hydrogen) atoms. The Labute approximate surface area is 157 Å². The summed E-state index contributed by atoms with van der Waals surface area (Å²) < 4.78 is 0. The van der Waals surface area contributed by atoms with Crippen LogP contribution in [-0.2, 0) is 17.8 Å². The highest BCUT2D eigenvalue weighted by atomic mass is 16.2. The van der Waals surface area contributed by atoms with E-state index in [1.54, 1.807) is 0 Å². The molecule has 1 saturated heterocycles. The molecule has 140 valence electrons. The highest BCUT2D eigenvalue weighted by Gasteiger charge is 2.60. The van der Waals surface area contributed by atoms with E-state index in [0.29, 0.717) is 11.9 Å². The SMILES string of the molecule is CCc1ccccc1CN1N(C2C3CC4CC(C3)CC2C4)C(=O)C1(C)C. The molecule has 1 aromatic rings. The van der Waals surface area contributed by atoms with Gasteiger partial charge in [-0.2, -0.15) is 5.01 Å². The zero-order chi connectivity index (χ0) is 18.1. The highest BCUT2D eigenvalue weighted by molar-refractivity contribution is 5.90. The maximum absolute atomic E-state index is 13.1. The number of rotatable bonds is 4. The molecule has 1 amide bonds. The van der Waals surface area contributed by atoms with E-state index >= 15 is 0 Å². The molecule has 0 radical (unpaired) electrons. The zero-order valence-electron chi connectivity index (χ0n) is 16.4. The van der Waals surface area contributed by atoms with E-state index in [4.69, 9.17) is 0 Å². The molecule has 0 unspecified atom stereocenters. The summed E-state index contributed by atoms with van der Waals surface area (Å²) >= 11 is 0. The van der Waals surface area contributed by atoms with E-state index in [0.717, 1.165) is 36.6 Å². The van der Waals surface area contributed by atoms with Crippen LogP contribution in [0.5, 0.6) is 0 Å². The summed E-state index contributed by atoms with van der Waals surface area (Å²) in [6.07, 6.45) is 7.97. The van der Waals surface area contributed by atoms with Crippen LogP contribution >= 0.6 is 0 Å². The Morgan fingerprint density at radius 2 is 1.54 bits per heavy atom. The van der Waals surface area contributed by atoms with Crippen molar-refractivity contribution in [2.75, 3.05) is 0 Å². The predicted molar refractivity (Wildman–Crippen MR) is 103 cm³/mol. The number of hydrogen-bond donors (Lipinski definition) is 0. The third-order valence-corrected chi connectivity index (χ3v) is 7.92. The molecule has 4 saturated carbocycles. The van der Waals surface area contributed by atoms with Crippen LogP contribution in [0.4, 0.5) is 0 Å². The fourth-order valence-electron chi connectivity index (χ4n) is 6.81. The molecule has 3 nitrogen and oxygen atoms in total. The summed E-state index contributed by atoms with van der Waals surface area (Å²) in [5, 5.41) is 4.62. The van der Waals surface area contributed by atoms with Gasteiger partial charge >= 0.3 is 0 Å². The number of aryl methyl sites for hydroxylation is 1. The average molecular weight is 353 g/mol. The average Bonchev–Trinajstić information content (AvgIpc) is 2.62. The van der Waals surface area contributed by atoms with Crippen LogP contribution in [-0.4, -0.2) is 27.5 Å². The van der Waals surface area contributed by atoms with E-state index in [9.17, 15) is 4.79 Å². The quantitative estimate of drug-likeness (QED) is 0.801. The summed E-state index contributed by atoms with van der Waals surface area (Å²) in [7, 11) is 0. The van der Waals surface area contributed by atoms with Crippen LogP contribution in [0.2, 0.25) is 0 Å². The van der Waals surface area contributed by atoms with E-state index in [1.165, 1.54) is 43.2 Å². The second-order valence-electron chi connectivity index (χ2n) is 9.81. The Balaban J connectivity index is 1.43. The Morgan fingerprint density at radius 3 is 2.12 bits per heavy atom. The lowest BCUT2D eigenvalue weighted by Gasteiger charge is -2.65. The molecule has 1 aliphatic heterocycles. The molecule has 6 rings (SSSR count). The first kappa shape index (κ1) is 16.8. The molecule has 4 bridgehead atoms. The third kappa shape index (κ3) is 2.32. The second kappa shape index (κ2) is 5.82. The van der Waals surface area contributed by atoms with Gasteiger partial charge in [-0.25, -0.2) is 0 Å². The van der Waals surface area contributed by atoms with Gasteiger partial charge in [-0.1, -0.05) is 31.2 Å². The van der Waals surface area contributed by atoms with E-state index in [2.05, 4.69) is 55.1 Å². The van der Waals surface area contributed by atoms with Crippen molar-refractivity contribution in [3.05, 3.63) is 35.4 Å². The van der Waals surface area contributed by atoms with Crippen molar-refractivity contribution in [2.45, 2.75) is 77.4 Å². The largest absolute Gasteiger partial charge is 0.271 e. The monoisotopic (exact) mass is 352 g/mol. The number of carbonyl (C=O) groups excluding carboxylic acids is 1. The van der Waals surface area contributed by atoms with Gasteiger partial charge in [-0.15, -0.1) is 0 Å². The molecule has 0 N–H and O–H groups in total. The number of amides is 1. The van der Waals surface area contributed by atoms with Crippen LogP contribution in [0.15, 0.2) is 24.3 Å². The molecular weight excluding hydrogens is 320 g/mol. The first-order valence-corrected chi connectivity index (χ1v) is 10.7. The van der Waals surface area contributed by atoms with Gasteiger partial charge < -0.3 is 0 Å². The second-order valence-corrected chi connectivity index (χ2v) is 9.81. The summed E-state index contributed by atoms with van der Waals surface area (Å²) in [4.78, 5) is 13.1. The highest BCUT2D eigenvalue weighted by Crippen LogP contribution is 2.57. The lowest BCUT2D eigenvalue weighted by Crippen LogP contribution is -2.79. The Hall–Kier alpha value is -1.35. The van der Waals surface area contributed by atoms with E-state index in [1.807, 2.05) is 0 Å². The Bertz CT molecular complexity index is 697. The third-order valence-electron chi connectivity index (χ3n) is 7.92. The molecule has 1 heterocycles. The van der Waals surface area contributed by atoms with Crippen molar-refractivity contribution in [3.8, 4) is 0 Å². The molecule has 0 aromatic heterocycles. The number of hydrogen-bond acceptors (Lipinski definition) is 2. The van der Waals surface area contributed by atoms with Crippen LogP contribution in [0, 0.1) is 23.7 Å². The lowest BCUT2D eigenvalue weighted by molar-refractivity contribution is -0.251. The first-order chi connectivity index (χ1) is 12.5. The molecule has 5 fully saturated rings. The first-order valence-electron chi connectivity index (χ1n) is 10.7. The molecule has 3 heteroatoms. The molecule has 5 aliphatic rings. The Kier molecular flexibility index (Phi) is 3.76. The van der Waals surface area contributed by atoms with Gasteiger partial charge in [-0.05, 0) is 87.2 Å². The smallest absolute Gasteiger partial charge is 0.258 e. The standard InChI is InChI=1S/C23H32N2O/c1-4-17-7-5-6-8-18(17)14-24-23(2,3)22(26)25(24)21-19-10-15-9-16(12-19)13-20(21)11-15/h5-8,15-16,19-21H,4,9-14H2,1-3H3. The van der Waals surface area contributed by atoms with Gasteiger partial charge in [0.2, 0.25) is 0 Å². The summed E-state index contributed by atoms with van der Waals surface area (Å²) in [5.41, 5.74) is 2.42. The van der Waals surface area contributed by atoms with Gasteiger partial charge in [0.1, 0.15) is 5.54 Å². The molecule has 4 aliphatic carbocycles. The summed E-state index contributed by atoms with van der Waals surface area (Å²) in [6, 6.07) is 9.21. The van der Waals surface area contributed by atoms with Crippen LogP contribution in [0.1, 0.15) is 64.0 Å². The van der Waals surface area contributed by atoms with E-state index in [-0.39, 0.29) is 5.54 Å². The predicted octanol–water partition coefficient (Wildman–Crippen LogP) is 4.41. The topological polar surface area (TPSA) is 23.6 Å². The van der Waals surface area contributed by atoms with Gasteiger partial charge in [0.25, 0.3) is 5.91 Å². The van der Waals surface area contributed by atoms with Crippen molar-refractivity contribution in [1.29, 1.82) is 0 Å².